The molecule has 31 heavy (non-hydrogen) atoms. The number of nitrogens with one attached hydrogen (secondary N) is 1. The maximum atomic E-state index is 10.6. The zero-order chi connectivity index (χ0) is 21.6. The first-order valence-corrected chi connectivity index (χ1v) is 10.6. The molecule has 1 fully saturated rings. The topological polar surface area (TPSA) is 103 Å². The molecule has 2 aromatic carbocycles. The predicted molar refractivity (Wildman–Crippen MR) is 120 cm³/mol. The van der Waals surface area contributed by atoms with E-state index in [-0.39, 0.29) is 23.7 Å². The summed E-state index contributed by atoms with van der Waals surface area (Å²) in [5.41, 5.74) is 7.97. The van der Waals surface area contributed by atoms with Crippen molar-refractivity contribution in [3.05, 3.63) is 60.3 Å². The molecule has 7 nitrogen and oxygen atoms in total. The Morgan fingerprint density at radius 3 is 2.77 bits per heavy atom. The van der Waals surface area contributed by atoms with Crippen LogP contribution in [0.5, 0.6) is 17.2 Å². The van der Waals surface area contributed by atoms with Crippen LogP contribution < -0.4 is 20.5 Å². The lowest BCUT2D eigenvalue weighted by molar-refractivity contribution is 0.143. The average molecular weight is 421 g/mol. The zero-order valence-corrected chi connectivity index (χ0v) is 17.6. The van der Waals surface area contributed by atoms with Crippen LogP contribution in [0.25, 0.3) is 11.3 Å². The predicted octanol–water partition coefficient (Wildman–Crippen LogP) is 3.74. The van der Waals surface area contributed by atoms with Crippen LogP contribution >= 0.6 is 0 Å². The van der Waals surface area contributed by atoms with Crippen molar-refractivity contribution in [2.24, 2.45) is 0 Å². The minimum absolute atomic E-state index is 0.0833. The van der Waals surface area contributed by atoms with E-state index in [0.29, 0.717) is 23.6 Å². The Balaban J connectivity index is 1.56. The number of hydrogen-bond donors (Lipinski definition) is 3. The van der Waals surface area contributed by atoms with E-state index in [9.17, 15) is 5.11 Å². The lowest BCUT2D eigenvalue weighted by atomic mass is 9.95. The van der Waals surface area contributed by atoms with Gasteiger partial charge in [0.1, 0.15) is 30.0 Å². The second kappa shape index (κ2) is 9.66. The quantitative estimate of drug-likeness (QED) is 0.535. The fourth-order valence-corrected chi connectivity index (χ4v) is 3.80. The third kappa shape index (κ3) is 5.24. The molecule has 1 aliphatic rings. The number of aromatic hydroxyl groups is 1. The molecule has 0 aliphatic carbocycles. The highest BCUT2D eigenvalue weighted by atomic mass is 16.5. The van der Waals surface area contributed by atoms with E-state index in [4.69, 9.17) is 15.2 Å². The van der Waals surface area contributed by atoms with Gasteiger partial charge in [0.25, 0.3) is 0 Å². The number of nitrogen functional groups attached to an aromatic ring is 1. The van der Waals surface area contributed by atoms with Gasteiger partial charge >= 0.3 is 0 Å². The summed E-state index contributed by atoms with van der Waals surface area (Å²) in [5.74, 6) is 1.85. The van der Waals surface area contributed by atoms with Crippen molar-refractivity contribution in [1.29, 1.82) is 0 Å². The van der Waals surface area contributed by atoms with Crippen LogP contribution in [0.2, 0.25) is 0 Å². The number of benzene rings is 2. The molecule has 2 unspecified atom stereocenters. The smallest absolute Gasteiger partial charge is 0.220 e. The van der Waals surface area contributed by atoms with Crippen molar-refractivity contribution in [2.75, 3.05) is 25.4 Å². The maximum Gasteiger partial charge on any atom is 0.220 e. The molecule has 2 atom stereocenters. The molecule has 1 aliphatic heterocycles. The monoisotopic (exact) mass is 420 g/mol. The minimum Gasteiger partial charge on any atom is -0.507 e. The number of para-hydroxylation sites is 1. The summed E-state index contributed by atoms with van der Waals surface area (Å²) in [5, 5.41) is 14.0. The van der Waals surface area contributed by atoms with Gasteiger partial charge in [0.05, 0.1) is 17.0 Å². The van der Waals surface area contributed by atoms with Crippen molar-refractivity contribution in [1.82, 2.24) is 15.3 Å². The van der Waals surface area contributed by atoms with Gasteiger partial charge in [-0.1, -0.05) is 24.3 Å². The van der Waals surface area contributed by atoms with Crippen molar-refractivity contribution in [2.45, 2.75) is 31.8 Å². The Labute approximate surface area is 182 Å². The third-order valence-electron chi connectivity index (χ3n) is 5.29. The van der Waals surface area contributed by atoms with Crippen molar-refractivity contribution < 1.29 is 14.6 Å². The first-order valence-electron chi connectivity index (χ1n) is 10.6. The summed E-state index contributed by atoms with van der Waals surface area (Å²) in [6, 6.07) is 16.7. The van der Waals surface area contributed by atoms with Gasteiger partial charge in [0.2, 0.25) is 5.95 Å². The molecule has 0 radical (unpaired) electrons. The summed E-state index contributed by atoms with van der Waals surface area (Å²) >= 11 is 0. The van der Waals surface area contributed by atoms with Crippen molar-refractivity contribution >= 4 is 5.95 Å². The van der Waals surface area contributed by atoms with Crippen LogP contribution in [-0.4, -0.2) is 40.9 Å². The molecule has 0 saturated carbocycles. The number of aromatic nitrogens is 2. The molecule has 1 aromatic heterocycles. The summed E-state index contributed by atoms with van der Waals surface area (Å²) in [4.78, 5) is 8.84. The van der Waals surface area contributed by atoms with E-state index in [2.05, 4.69) is 15.3 Å². The number of phenolic OH excluding ortho intramolecular Hbond substituents is 1. The van der Waals surface area contributed by atoms with Gasteiger partial charge in [-0.2, -0.15) is 0 Å². The number of nitrogens with zero attached hydrogens (tertiary/aromatic N) is 2. The Hall–Kier alpha value is -3.32. The van der Waals surface area contributed by atoms with Crippen LogP contribution in [0.15, 0.2) is 54.6 Å². The molecule has 162 valence electrons. The molecule has 1 saturated heterocycles. The number of rotatable bonds is 7. The van der Waals surface area contributed by atoms with Gasteiger partial charge < -0.3 is 25.6 Å². The molecule has 0 bridgehead atoms. The Morgan fingerprint density at radius 2 is 2.00 bits per heavy atom. The highest BCUT2D eigenvalue weighted by Gasteiger charge is 2.21. The van der Waals surface area contributed by atoms with E-state index in [1.807, 2.05) is 49.4 Å². The number of piperidine rings is 1. The van der Waals surface area contributed by atoms with E-state index in [1.165, 1.54) is 0 Å². The van der Waals surface area contributed by atoms with Gasteiger partial charge in [-0.15, -0.1) is 0 Å². The van der Waals surface area contributed by atoms with Crippen molar-refractivity contribution in [3.8, 4) is 28.5 Å². The molecular weight excluding hydrogens is 392 g/mol. The molecule has 4 rings (SSSR count). The number of hydrogen-bond acceptors (Lipinski definition) is 7. The Morgan fingerprint density at radius 1 is 1.16 bits per heavy atom. The van der Waals surface area contributed by atoms with Crippen molar-refractivity contribution in [3.63, 3.8) is 0 Å². The van der Waals surface area contributed by atoms with E-state index in [0.717, 1.165) is 37.4 Å². The van der Waals surface area contributed by atoms with Gasteiger partial charge in [-0.05, 0) is 56.6 Å². The molecule has 0 amide bonds. The number of nitrogens with two attached hydrogens (primary N) is 1. The molecule has 3 aromatic rings. The lowest BCUT2D eigenvalue weighted by Crippen LogP contribution is -2.29. The van der Waals surface area contributed by atoms with E-state index in [1.54, 1.807) is 12.1 Å². The molecule has 2 heterocycles. The first kappa shape index (κ1) is 20.9. The Kier molecular flexibility index (Phi) is 6.52. The van der Waals surface area contributed by atoms with Gasteiger partial charge in [0.15, 0.2) is 0 Å². The van der Waals surface area contributed by atoms with E-state index >= 15 is 0 Å². The summed E-state index contributed by atoms with van der Waals surface area (Å²) < 4.78 is 11.9. The zero-order valence-electron chi connectivity index (χ0n) is 17.6. The second-order valence-electron chi connectivity index (χ2n) is 7.78. The number of anilines is 1. The third-order valence-corrected chi connectivity index (χ3v) is 5.29. The molecule has 4 N–H and O–H groups in total. The van der Waals surface area contributed by atoms with Crippen LogP contribution in [0.3, 0.4) is 0 Å². The SMILES string of the molecule is CC(COc1cccc(O)c1-c1cc(C2CCCNC2)nc(N)n1)Oc1ccccc1. The average Bonchev–Trinajstić information content (AvgIpc) is 2.78. The highest BCUT2D eigenvalue weighted by molar-refractivity contribution is 5.74. The fourth-order valence-electron chi connectivity index (χ4n) is 3.80. The lowest BCUT2D eigenvalue weighted by Gasteiger charge is -2.23. The summed E-state index contributed by atoms with van der Waals surface area (Å²) in [7, 11) is 0. The van der Waals surface area contributed by atoms with Gasteiger partial charge in [-0.25, -0.2) is 9.97 Å². The van der Waals surface area contributed by atoms with E-state index < -0.39 is 0 Å². The molecule has 0 spiro atoms. The summed E-state index contributed by atoms with van der Waals surface area (Å²) in [6.45, 7) is 4.12. The fraction of sp³-hybridized carbons (Fsp3) is 0.333. The largest absolute Gasteiger partial charge is 0.507 e. The minimum atomic E-state index is -0.183. The van der Waals surface area contributed by atoms with Gasteiger partial charge in [-0.3, -0.25) is 0 Å². The number of phenols is 1. The normalized spacial score (nSPS) is 17.1. The Bertz CT molecular complexity index is 1010. The maximum absolute atomic E-state index is 10.6. The second-order valence-corrected chi connectivity index (χ2v) is 7.78. The van der Waals surface area contributed by atoms with Crippen LogP contribution in [0, 0.1) is 0 Å². The van der Waals surface area contributed by atoms with Gasteiger partial charge in [0, 0.05) is 12.5 Å². The van der Waals surface area contributed by atoms with Crippen LogP contribution in [0.1, 0.15) is 31.4 Å². The van der Waals surface area contributed by atoms with Crippen LogP contribution in [-0.2, 0) is 0 Å². The highest BCUT2D eigenvalue weighted by Crippen LogP contribution is 2.38. The molecule has 7 heteroatoms. The summed E-state index contributed by atoms with van der Waals surface area (Å²) in [6.07, 6.45) is 1.95. The molecular formula is C24H28N4O3. The standard InChI is InChI=1S/C24H28N4O3/c1-16(31-18-8-3-2-4-9-18)15-30-22-11-5-10-21(29)23(22)20-13-19(27-24(25)28-20)17-7-6-12-26-14-17/h2-5,8-11,13,16-17,26,29H,6-7,12,14-15H2,1H3,(H2,25,27,28). The first-order chi connectivity index (χ1) is 15.1. The van der Waals surface area contributed by atoms with Crippen LogP contribution in [0.4, 0.5) is 5.95 Å². The number of ether oxygens (including phenoxy) is 2.